The monoisotopic (exact) mass is 425 g/mol. The van der Waals surface area contributed by atoms with Gasteiger partial charge in [-0.05, 0) is 31.5 Å². The van der Waals surface area contributed by atoms with E-state index in [1.165, 1.54) is 28.8 Å². The molecule has 0 radical (unpaired) electrons. The Kier molecular flexibility index (Phi) is 5.26. The van der Waals surface area contributed by atoms with Crippen molar-refractivity contribution in [1.82, 2.24) is 29.3 Å². The number of halogens is 3. The van der Waals surface area contributed by atoms with Crippen molar-refractivity contribution >= 4 is 34.7 Å². The fourth-order valence-electron chi connectivity index (χ4n) is 2.75. The Bertz CT molecular complexity index is 1100. The summed E-state index contributed by atoms with van der Waals surface area (Å²) in [6.07, 6.45) is 1.34. The van der Waals surface area contributed by atoms with E-state index in [0.29, 0.717) is 12.2 Å². The predicted octanol–water partition coefficient (Wildman–Crippen LogP) is 2.50. The molecule has 0 spiro atoms. The molecule has 1 N–H and O–H groups in total. The van der Waals surface area contributed by atoms with Crippen molar-refractivity contribution in [2.75, 3.05) is 19.4 Å². The molecule has 2 amide bonds. The zero-order valence-corrected chi connectivity index (χ0v) is 16.8. The average Bonchev–Trinajstić information content (AvgIpc) is 3.22. The number of anilines is 1. The maximum absolute atomic E-state index is 13.7. The summed E-state index contributed by atoms with van der Waals surface area (Å²) in [7, 11) is 3.15. The van der Waals surface area contributed by atoms with Crippen molar-refractivity contribution in [3.8, 4) is 0 Å². The molecule has 0 aliphatic heterocycles. The number of nitrogens with zero attached hydrogens (tertiary/aromatic N) is 6. The van der Waals surface area contributed by atoms with Gasteiger partial charge in [-0.2, -0.15) is 19.0 Å². The minimum absolute atomic E-state index is 0.0410. The van der Waals surface area contributed by atoms with E-state index in [1.807, 2.05) is 0 Å². The Morgan fingerprint density at radius 2 is 2.00 bits per heavy atom. The zero-order valence-electron chi connectivity index (χ0n) is 16.1. The zero-order chi connectivity index (χ0) is 21.5. The fourth-order valence-corrected chi connectivity index (χ4v) is 2.89. The molecule has 0 aliphatic carbocycles. The van der Waals surface area contributed by atoms with Crippen molar-refractivity contribution in [1.29, 1.82) is 0 Å². The molecular formula is C17H18ClF2N7O2. The van der Waals surface area contributed by atoms with Crippen LogP contribution in [0.5, 0.6) is 0 Å². The van der Waals surface area contributed by atoms with Gasteiger partial charge in [-0.15, -0.1) is 0 Å². The Hall–Kier alpha value is -3.08. The van der Waals surface area contributed by atoms with Crippen molar-refractivity contribution < 1.29 is 18.4 Å². The molecule has 0 saturated carbocycles. The van der Waals surface area contributed by atoms with Crippen molar-refractivity contribution in [2.45, 2.75) is 25.8 Å². The smallest absolute Gasteiger partial charge is 0.343 e. The summed E-state index contributed by atoms with van der Waals surface area (Å²) in [5.41, 5.74) is -0.0703. The van der Waals surface area contributed by atoms with Gasteiger partial charge in [0.25, 0.3) is 11.8 Å². The van der Waals surface area contributed by atoms with Gasteiger partial charge < -0.3 is 10.2 Å². The minimum atomic E-state index is -3.70. The number of hydrogen-bond donors (Lipinski definition) is 1. The SMILES string of the molecule is CCn1ncc(NC(=O)c2cc3nc(C)cc(C(F)(F)Cl)n3n2)c1C(=O)N(C)C. The summed E-state index contributed by atoms with van der Waals surface area (Å²) in [4.78, 5) is 30.6. The summed E-state index contributed by atoms with van der Waals surface area (Å²) >= 11 is 5.16. The normalized spacial score (nSPS) is 11.7. The molecule has 29 heavy (non-hydrogen) atoms. The predicted molar refractivity (Wildman–Crippen MR) is 101 cm³/mol. The van der Waals surface area contributed by atoms with Crippen LogP contribution >= 0.6 is 11.6 Å². The van der Waals surface area contributed by atoms with Crippen LogP contribution in [-0.4, -0.2) is 55.2 Å². The molecule has 3 aromatic rings. The third kappa shape index (κ3) is 3.90. The first-order valence-electron chi connectivity index (χ1n) is 8.56. The number of aryl methyl sites for hydroxylation is 2. The average molecular weight is 426 g/mol. The van der Waals surface area contributed by atoms with Crippen molar-refractivity contribution in [3.05, 3.63) is 41.1 Å². The lowest BCUT2D eigenvalue weighted by molar-refractivity contribution is 0.0816. The maximum Gasteiger partial charge on any atom is 0.364 e. The van der Waals surface area contributed by atoms with Gasteiger partial charge in [0.15, 0.2) is 11.3 Å². The highest BCUT2D eigenvalue weighted by Crippen LogP contribution is 2.32. The molecule has 9 nitrogen and oxygen atoms in total. The molecule has 3 aromatic heterocycles. The van der Waals surface area contributed by atoms with Crippen LogP contribution in [0.15, 0.2) is 18.3 Å². The van der Waals surface area contributed by atoms with Gasteiger partial charge in [0.1, 0.15) is 11.4 Å². The van der Waals surface area contributed by atoms with Crippen molar-refractivity contribution in [3.63, 3.8) is 0 Å². The van der Waals surface area contributed by atoms with Gasteiger partial charge in [-0.25, -0.2) is 9.50 Å². The Morgan fingerprint density at radius 1 is 1.31 bits per heavy atom. The lowest BCUT2D eigenvalue weighted by atomic mass is 10.3. The first-order chi connectivity index (χ1) is 13.5. The van der Waals surface area contributed by atoms with E-state index in [9.17, 15) is 18.4 Å². The second-order valence-electron chi connectivity index (χ2n) is 6.46. The molecule has 3 heterocycles. The second kappa shape index (κ2) is 7.39. The highest BCUT2D eigenvalue weighted by atomic mass is 35.5. The minimum Gasteiger partial charge on any atom is -0.343 e. The van der Waals surface area contributed by atoms with Gasteiger partial charge >= 0.3 is 5.38 Å². The summed E-state index contributed by atoms with van der Waals surface area (Å²) in [6, 6.07) is 2.35. The number of nitrogens with one attached hydrogen (secondary N) is 1. The van der Waals surface area contributed by atoms with Gasteiger partial charge in [-0.1, -0.05) is 0 Å². The lowest BCUT2D eigenvalue weighted by Crippen LogP contribution is -2.26. The van der Waals surface area contributed by atoms with Gasteiger partial charge in [0.2, 0.25) is 0 Å². The van der Waals surface area contributed by atoms with E-state index in [-0.39, 0.29) is 28.6 Å². The van der Waals surface area contributed by atoms with E-state index in [4.69, 9.17) is 11.6 Å². The largest absolute Gasteiger partial charge is 0.364 e. The van der Waals surface area contributed by atoms with E-state index < -0.39 is 17.0 Å². The van der Waals surface area contributed by atoms with Crippen LogP contribution in [0.3, 0.4) is 0 Å². The second-order valence-corrected chi connectivity index (χ2v) is 6.93. The number of amides is 2. The van der Waals surface area contributed by atoms with E-state index in [0.717, 1.165) is 10.6 Å². The van der Waals surface area contributed by atoms with Gasteiger partial charge in [0.05, 0.1) is 11.9 Å². The Labute approximate surface area is 169 Å². The molecule has 0 unspecified atom stereocenters. The van der Waals surface area contributed by atoms with Crippen LogP contribution in [0.1, 0.15) is 39.3 Å². The number of rotatable bonds is 5. The number of fused-ring (bicyclic) bond motifs is 1. The lowest BCUT2D eigenvalue weighted by Gasteiger charge is -2.13. The summed E-state index contributed by atoms with van der Waals surface area (Å²) in [5.74, 6) is -1.06. The van der Waals surface area contributed by atoms with E-state index in [1.54, 1.807) is 21.0 Å². The van der Waals surface area contributed by atoms with Gasteiger partial charge in [0, 0.05) is 32.4 Å². The summed E-state index contributed by atoms with van der Waals surface area (Å²) < 4.78 is 29.7. The molecule has 12 heteroatoms. The summed E-state index contributed by atoms with van der Waals surface area (Å²) in [6.45, 7) is 3.74. The number of carbonyl (C=O) groups is 2. The number of hydrogen-bond acceptors (Lipinski definition) is 5. The van der Waals surface area contributed by atoms with Crippen LogP contribution in [0.25, 0.3) is 5.65 Å². The topological polar surface area (TPSA) is 97.4 Å². The van der Waals surface area contributed by atoms with Crippen LogP contribution in [0.2, 0.25) is 0 Å². The molecule has 154 valence electrons. The molecule has 0 aromatic carbocycles. The molecular weight excluding hydrogens is 408 g/mol. The Balaban J connectivity index is 2.00. The third-order valence-electron chi connectivity index (χ3n) is 4.07. The summed E-state index contributed by atoms with van der Waals surface area (Å²) in [5, 5.41) is 6.86. The number of aromatic nitrogens is 5. The first kappa shape index (κ1) is 20.6. The molecule has 0 aliphatic rings. The first-order valence-corrected chi connectivity index (χ1v) is 8.94. The molecule has 0 saturated heterocycles. The maximum atomic E-state index is 13.7. The molecule has 0 fully saturated rings. The highest BCUT2D eigenvalue weighted by Gasteiger charge is 2.33. The fraction of sp³-hybridized carbons (Fsp3) is 0.353. The third-order valence-corrected chi connectivity index (χ3v) is 4.27. The van der Waals surface area contributed by atoms with Crippen LogP contribution in [0.4, 0.5) is 14.5 Å². The Morgan fingerprint density at radius 3 is 2.59 bits per heavy atom. The van der Waals surface area contributed by atoms with Crippen LogP contribution in [0, 0.1) is 6.92 Å². The van der Waals surface area contributed by atoms with Crippen LogP contribution < -0.4 is 5.32 Å². The van der Waals surface area contributed by atoms with Crippen LogP contribution in [-0.2, 0) is 11.9 Å². The standard InChI is InChI=1S/C17H18ClF2N7O2/c1-5-26-14(16(29)25(3)4)11(8-21-26)23-15(28)10-7-13-22-9(2)6-12(17(18,19)20)27(13)24-10/h6-8H,5H2,1-4H3,(H,23,28). The quantitative estimate of drug-likeness (QED) is 0.633. The van der Waals surface area contributed by atoms with Gasteiger partial charge in [-0.3, -0.25) is 14.3 Å². The molecule has 3 rings (SSSR count). The van der Waals surface area contributed by atoms with E-state index in [2.05, 4.69) is 20.5 Å². The number of carbonyl (C=O) groups excluding carboxylic acids is 2. The van der Waals surface area contributed by atoms with E-state index >= 15 is 0 Å². The highest BCUT2D eigenvalue weighted by molar-refractivity contribution is 6.21. The number of alkyl halides is 3. The molecule has 0 bridgehead atoms. The van der Waals surface area contributed by atoms with Crippen molar-refractivity contribution in [2.24, 2.45) is 0 Å². The molecule has 0 atom stereocenters.